The number of fused-ring (bicyclic) bond motifs is 8. The quantitative estimate of drug-likeness (QED) is 0.617. The molecule has 0 N–H and O–H groups in total. The molecule has 2 heteroatoms. The fourth-order valence-electron chi connectivity index (χ4n) is 5.39. The average Bonchev–Trinajstić information content (AvgIpc) is 3.25. The molecule has 6 rings (SSSR count). The van der Waals surface area contributed by atoms with Crippen LogP contribution < -0.4 is 0 Å². The van der Waals surface area contributed by atoms with Gasteiger partial charge in [-0.3, -0.25) is 0 Å². The molecule has 3 aromatic carbocycles. The summed E-state index contributed by atoms with van der Waals surface area (Å²) in [6, 6.07) is 30.0. The van der Waals surface area contributed by atoms with E-state index in [1.54, 1.807) is 0 Å². The maximum absolute atomic E-state index is 7.19. The highest BCUT2D eigenvalue weighted by molar-refractivity contribution is 5.64. The van der Waals surface area contributed by atoms with Crippen LogP contribution in [0.25, 0.3) is 0 Å². The van der Waals surface area contributed by atoms with Crippen LogP contribution in [-0.4, -0.2) is 13.2 Å². The molecule has 0 radical (unpaired) electrons. The molecule has 3 aliphatic rings. The predicted octanol–water partition coefficient (Wildman–Crippen LogP) is 4.79. The minimum Gasteiger partial charge on any atom is -0.377 e. The van der Waals surface area contributed by atoms with E-state index in [2.05, 4.69) is 91.0 Å². The lowest BCUT2D eigenvalue weighted by molar-refractivity contribution is -0.0569. The smallest absolute Gasteiger partial charge is 0.142 e. The van der Waals surface area contributed by atoms with E-state index < -0.39 is 11.2 Å². The number of ether oxygens (including phenoxy) is 2. The Morgan fingerprint density at radius 2 is 1.33 bits per heavy atom. The van der Waals surface area contributed by atoms with Crippen LogP contribution in [0.3, 0.4) is 0 Å². The summed E-state index contributed by atoms with van der Waals surface area (Å²) in [5.41, 5.74) is 5.27. The van der Waals surface area contributed by atoms with E-state index >= 15 is 0 Å². The van der Waals surface area contributed by atoms with E-state index in [1.807, 2.05) is 0 Å². The lowest BCUT2D eigenvalue weighted by Gasteiger charge is -2.38. The van der Waals surface area contributed by atoms with Gasteiger partial charge in [0.1, 0.15) is 11.2 Å². The van der Waals surface area contributed by atoms with Gasteiger partial charge in [0.15, 0.2) is 0 Å². The van der Waals surface area contributed by atoms with E-state index in [1.165, 1.54) is 27.8 Å². The van der Waals surface area contributed by atoms with Gasteiger partial charge in [-0.05, 0) is 27.8 Å². The summed E-state index contributed by atoms with van der Waals surface area (Å²) in [5.74, 6) is 0.184. The Morgan fingerprint density at radius 3 is 2.07 bits per heavy atom. The van der Waals surface area contributed by atoms with Gasteiger partial charge < -0.3 is 9.47 Å². The zero-order valence-electron chi connectivity index (χ0n) is 15.0. The molecule has 0 aromatic heterocycles. The van der Waals surface area contributed by atoms with Crippen LogP contribution in [0.1, 0.15) is 22.3 Å². The number of hydrogen-bond donors (Lipinski definition) is 0. The molecule has 3 heterocycles. The van der Waals surface area contributed by atoms with Crippen molar-refractivity contribution in [3.63, 3.8) is 0 Å². The van der Waals surface area contributed by atoms with Gasteiger partial charge in [0, 0.05) is 5.92 Å². The summed E-state index contributed by atoms with van der Waals surface area (Å²) in [6.45, 7) is 1.33. The predicted molar refractivity (Wildman–Crippen MR) is 104 cm³/mol. The van der Waals surface area contributed by atoms with Crippen molar-refractivity contribution in [1.29, 1.82) is 0 Å². The van der Waals surface area contributed by atoms with Crippen LogP contribution in [0.5, 0.6) is 0 Å². The Kier molecular flexibility index (Phi) is 3.09. The van der Waals surface area contributed by atoms with Crippen molar-refractivity contribution in [3.05, 3.63) is 119 Å². The number of hydrogen-bond acceptors (Lipinski definition) is 2. The monoisotopic (exact) mass is 352 g/mol. The largest absolute Gasteiger partial charge is 0.377 e. The topological polar surface area (TPSA) is 18.5 Å². The van der Waals surface area contributed by atoms with Crippen LogP contribution in [-0.2, 0) is 20.7 Å². The summed E-state index contributed by atoms with van der Waals surface area (Å²) in [4.78, 5) is 0. The zero-order chi connectivity index (χ0) is 17.9. The maximum atomic E-state index is 7.19. The summed E-state index contributed by atoms with van der Waals surface area (Å²) in [6.07, 6.45) is 2.25. The molecule has 0 saturated carbocycles. The van der Waals surface area contributed by atoms with Crippen molar-refractivity contribution >= 4 is 0 Å². The van der Waals surface area contributed by atoms with Gasteiger partial charge >= 0.3 is 0 Å². The molecule has 3 atom stereocenters. The summed E-state index contributed by atoms with van der Waals surface area (Å²) in [5, 5.41) is 0. The normalized spacial score (nSPS) is 30.5. The molecule has 0 spiro atoms. The van der Waals surface area contributed by atoms with Gasteiger partial charge in [-0.15, -0.1) is 0 Å². The second-order valence-electron chi connectivity index (χ2n) is 7.55. The SMILES string of the molecule is C1=C2C(COC1)C1(c3ccccc3)OC2(c2ccccc2)c2ccccc21. The van der Waals surface area contributed by atoms with Crippen molar-refractivity contribution < 1.29 is 9.47 Å². The second-order valence-corrected chi connectivity index (χ2v) is 7.55. The lowest BCUT2D eigenvalue weighted by Crippen LogP contribution is -2.39. The summed E-state index contributed by atoms with van der Waals surface area (Å²) >= 11 is 0. The minimum atomic E-state index is -0.526. The Balaban J connectivity index is 1.73. The van der Waals surface area contributed by atoms with Crippen molar-refractivity contribution in [3.8, 4) is 0 Å². The first kappa shape index (κ1) is 15.4. The molecule has 1 saturated heterocycles. The third-order valence-corrected chi connectivity index (χ3v) is 6.38. The van der Waals surface area contributed by atoms with Crippen LogP contribution >= 0.6 is 0 Å². The van der Waals surface area contributed by atoms with Gasteiger partial charge in [-0.1, -0.05) is 91.0 Å². The highest BCUT2D eigenvalue weighted by Gasteiger charge is 2.68. The summed E-state index contributed by atoms with van der Waals surface area (Å²) in [7, 11) is 0. The van der Waals surface area contributed by atoms with Gasteiger partial charge in [0.25, 0.3) is 0 Å². The molecule has 2 bridgehead atoms. The highest BCUT2D eigenvalue weighted by Crippen LogP contribution is 2.68. The van der Waals surface area contributed by atoms with E-state index in [-0.39, 0.29) is 5.92 Å². The molecular formula is C25H20O2. The number of benzene rings is 3. The van der Waals surface area contributed by atoms with Crippen molar-refractivity contribution in [2.45, 2.75) is 11.2 Å². The fourth-order valence-corrected chi connectivity index (χ4v) is 5.39. The van der Waals surface area contributed by atoms with Crippen LogP contribution in [0, 0.1) is 5.92 Å². The van der Waals surface area contributed by atoms with Gasteiger partial charge in [-0.2, -0.15) is 0 Å². The minimum absolute atomic E-state index is 0.184. The molecule has 0 amide bonds. The van der Waals surface area contributed by atoms with Gasteiger partial charge in [0.05, 0.1) is 13.2 Å². The van der Waals surface area contributed by atoms with Crippen molar-refractivity contribution in [1.82, 2.24) is 0 Å². The van der Waals surface area contributed by atoms with E-state index in [0.29, 0.717) is 13.2 Å². The standard InChI is InChI=1S/C25H20O2/c1-3-9-18(10-4-1)24-20-13-7-8-14-21(20)25(27-24,19-11-5-2-6-12-19)23-17-26-16-15-22(23)24/h1-15,23H,16-17H2. The molecule has 3 unspecified atom stereocenters. The Bertz CT molecular complexity index is 1040. The van der Waals surface area contributed by atoms with Gasteiger partial charge in [0.2, 0.25) is 0 Å². The van der Waals surface area contributed by atoms with Crippen LogP contribution in [0.4, 0.5) is 0 Å². The molecule has 2 nitrogen and oxygen atoms in total. The average molecular weight is 352 g/mol. The summed E-state index contributed by atoms with van der Waals surface area (Å²) < 4.78 is 13.1. The van der Waals surface area contributed by atoms with E-state index in [0.717, 1.165) is 0 Å². The molecule has 27 heavy (non-hydrogen) atoms. The molecule has 3 aliphatic heterocycles. The van der Waals surface area contributed by atoms with Crippen LogP contribution in [0.2, 0.25) is 0 Å². The van der Waals surface area contributed by atoms with Crippen molar-refractivity contribution in [2.24, 2.45) is 5.92 Å². The Labute approximate surface area is 159 Å². The highest BCUT2D eigenvalue weighted by atomic mass is 16.5. The lowest BCUT2D eigenvalue weighted by atomic mass is 9.63. The first-order valence-corrected chi connectivity index (χ1v) is 9.57. The molecular weight excluding hydrogens is 332 g/mol. The third-order valence-electron chi connectivity index (χ3n) is 6.38. The molecule has 132 valence electrons. The fraction of sp³-hybridized carbons (Fsp3) is 0.200. The third kappa shape index (κ3) is 1.77. The Hall–Kier alpha value is -2.68. The molecule has 1 fully saturated rings. The maximum Gasteiger partial charge on any atom is 0.142 e. The zero-order valence-corrected chi connectivity index (χ0v) is 15.0. The molecule has 0 aliphatic carbocycles. The van der Waals surface area contributed by atoms with Crippen LogP contribution in [0.15, 0.2) is 96.6 Å². The van der Waals surface area contributed by atoms with Crippen molar-refractivity contribution in [2.75, 3.05) is 13.2 Å². The number of rotatable bonds is 2. The molecule has 3 aromatic rings. The van der Waals surface area contributed by atoms with Gasteiger partial charge in [-0.25, -0.2) is 0 Å². The first-order chi connectivity index (χ1) is 13.4. The Morgan fingerprint density at radius 1 is 0.704 bits per heavy atom. The first-order valence-electron chi connectivity index (χ1n) is 9.57. The van der Waals surface area contributed by atoms with E-state index in [4.69, 9.17) is 9.47 Å². The second kappa shape index (κ2) is 5.41. The van der Waals surface area contributed by atoms with E-state index in [9.17, 15) is 0 Å².